The minimum Gasteiger partial charge on any atom is -0.496 e. The van der Waals surface area contributed by atoms with Gasteiger partial charge in [0.1, 0.15) is 24.1 Å². The maximum atomic E-state index is 14.3. The normalized spacial score (nSPS) is 27.9. The first-order valence-corrected chi connectivity index (χ1v) is 19.7. The molecule has 6 rings (SSSR count). The van der Waals surface area contributed by atoms with E-state index in [0.717, 1.165) is 12.8 Å². The lowest BCUT2D eigenvalue weighted by atomic mass is 9.45. The van der Waals surface area contributed by atoms with Crippen molar-refractivity contribution >= 4 is 17.5 Å². The number of nitrogens with one attached hydrogen (secondary N) is 3. The molecular weight excluding hydrogens is 686 g/mol. The number of aliphatic hydroxyl groups excluding tert-OH is 3. The number of ether oxygens (including phenoxy) is 1. The van der Waals surface area contributed by atoms with Crippen molar-refractivity contribution in [2.24, 2.45) is 35.0 Å². The van der Waals surface area contributed by atoms with Gasteiger partial charge in [-0.25, -0.2) is 0 Å². The molecule has 3 aliphatic carbocycles. The Morgan fingerprint density at radius 2 is 1.81 bits per heavy atom. The number of benzene rings is 2. The van der Waals surface area contributed by atoms with E-state index < -0.39 is 30.4 Å². The fraction of sp³-hybridized carbons (Fsp3) is 0.667. The predicted octanol–water partition coefficient (Wildman–Crippen LogP) is 4.48. The first-order chi connectivity index (χ1) is 25.4. The molecule has 1 aliphatic heterocycles. The van der Waals surface area contributed by atoms with Crippen LogP contribution in [0, 0.1) is 35.0 Å². The van der Waals surface area contributed by atoms with E-state index in [1.807, 2.05) is 44.4 Å². The zero-order valence-corrected chi connectivity index (χ0v) is 33.9. The first-order valence-electron chi connectivity index (χ1n) is 19.7. The van der Waals surface area contributed by atoms with E-state index in [0.29, 0.717) is 63.9 Å². The number of anilines is 1. The molecule has 12 nitrogen and oxygen atoms in total. The predicted molar refractivity (Wildman–Crippen MR) is 211 cm³/mol. The number of hydrogen-bond donors (Lipinski definition) is 6. The molecule has 3 saturated carbocycles. The van der Waals surface area contributed by atoms with Gasteiger partial charge in [0, 0.05) is 46.9 Å². The molecule has 0 spiro atoms. The number of rotatable bonds is 16. The average Bonchev–Trinajstić information content (AvgIpc) is 3.46. The molecule has 1 saturated heterocycles. The SMILES string of the molecule is COc1c(CN2O[C@@H](CO)[C@@H]([C@H](C)O)[C@H]2C(=O)N[C@H]2C[C@H]3C[C@@H]([C@@H]2C)C3(C)C)cccc1-c1cc(NC(C)O)cc(C(=O)N[C@@H](CC(C)C)CN(C)C)c1. The highest BCUT2D eigenvalue weighted by Gasteiger charge is 2.57. The molecule has 6 N–H and O–H groups in total. The molecule has 1 heterocycles. The Hall–Kier alpha value is -3.26. The molecule has 1 unspecified atom stereocenters. The summed E-state index contributed by atoms with van der Waals surface area (Å²) in [4.78, 5) is 36.4. The van der Waals surface area contributed by atoms with Crippen LogP contribution in [0.1, 0.15) is 83.7 Å². The van der Waals surface area contributed by atoms with Crippen molar-refractivity contribution in [1.29, 1.82) is 0 Å². The van der Waals surface area contributed by atoms with Gasteiger partial charge in [0.25, 0.3) is 5.91 Å². The number of likely N-dealkylation sites (N-methyl/N-ethyl adjacent to an activating group) is 1. The second-order valence-corrected chi connectivity index (χ2v) is 17.4. The third-order valence-corrected chi connectivity index (χ3v) is 12.2. The van der Waals surface area contributed by atoms with Crippen molar-refractivity contribution < 1.29 is 34.5 Å². The fourth-order valence-electron chi connectivity index (χ4n) is 9.53. The van der Waals surface area contributed by atoms with E-state index in [4.69, 9.17) is 9.57 Å². The monoisotopic (exact) mass is 751 g/mol. The van der Waals surface area contributed by atoms with Crippen molar-refractivity contribution in [3.05, 3.63) is 47.5 Å². The molecule has 2 aromatic rings. The molecule has 2 aromatic carbocycles. The summed E-state index contributed by atoms with van der Waals surface area (Å²) in [6.45, 7) is 14.9. The number of nitrogens with zero attached hydrogens (tertiary/aromatic N) is 2. The summed E-state index contributed by atoms with van der Waals surface area (Å²) in [5.41, 5.74) is 3.38. The average molecular weight is 752 g/mol. The van der Waals surface area contributed by atoms with Gasteiger partial charge in [0.05, 0.1) is 26.4 Å². The minimum atomic E-state index is -0.918. The van der Waals surface area contributed by atoms with Crippen LogP contribution in [0.15, 0.2) is 36.4 Å². The van der Waals surface area contributed by atoms with Crippen LogP contribution in [-0.4, -0.2) is 108 Å². The van der Waals surface area contributed by atoms with Gasteiger partial charge in [-0.1, -0.05) is 52.8 Å². The zero-order chi connectivity index (χ0) is 39.6. The second-order valence-electron chi connectivity index (χ2n) is 17.4. The van der Waals surface area contributed by atoms with Gasteiger partial charge in [-0.2, -0.15) is 5.06 Å². The number of methoxy groups -OCH3 is 1. The number of hydrogen-bond acceptors (Lipinski definition) is 10. The van der Waals surface area contributed by atoms with Crippen LogP contribution in [0.2, 0.25) is 0 Å². The van der Waals surface area contributed by atoms with Crippen LogP contribution in [0.25, 0.3) is 11.1 Å². The summed E-state index contributed by atoms with van der Waals surface area (Å²) in [7, 11) is 5.55. The van der Waals surface area contributed by atoms with Crippen molar-refractivity contribution in [2.75, 3.05) is 39.7 Å². The molecule has 0 aromatic heterocycles. The van der Waals surface area contributed by atoms with Gasteiger partial charge >= 0.3 is 0 Å². The summed E-state index contributed by atoms with van der Waals surface area (Å²) >= 11 is 0. The molecule has 4 aliphatic rings. The Balaban J connectivity index is 1.46. The van der Waals surface area contributed by atoms with Gasteiger partial charge in [-0.15, -0.1) is 0 Å². The summed E-state index contributed by atoms with van der Waals surface area (Å²) in [5.74, 6) is 1.23. The molecule has 0 radical (unpaired) electrons. The Bertz CT molecular complexity index is 1600. The van der Waals surface area contributed by atoms with Crippen molar-refractivity contribution in [3.8, 4) is 16.9 Å². The van der Waals surface area contributed by atoms with Crippen molar-refractivity contribution in [2.45, 2.75) is 111 Å². The number of hydroxylamine groups is 2. The van der Waals surface area contributed by atoms with Gasteiger partial charge in [0.15, 0.2) is 0 Å². The number of carbonyl (C=O) groups excluding carboxylic acids is 2. The summed E-state index contributed by atoms with van der Waals surface area (Å²) < 4.78 is 6.05. The van der Waals surface area contributed by atoms with Gasteiger partial charge in [-0.05, 0) is 100 Å². The lowest BCUT2D eigenvalue weighted by molar-refractivity contribution is -0.183. The maximum absolute atomic E-state index is 14.3. The quantitative estimate of drug-likeness (QED) is 0.135. The maximum Gasteiger partial charge on any atom is 0.251 e. The third-order valence-electron chi connectivity index (χ3n) is 12.2. The van der Waals surface area contributed by atoms with E-state index in [1.165, 1.54) is 6.42 Å². The molecule has 10 atom stereocenters. The van der Waals surface area contributed by atoms with E-state index >= 15 is 0 Å². The zero-order valence-electron chi connectivity index (χ0n) is 33.9. The van der Waals surface area contributed by atoms with Crippen LogP contribution >= 0.6 is 0 Å². The van der Waals surface area contributed by atoms with Crippen LogP contribution in [0.5, 0.6) is 5.75 Å². The van der Waals surface area contributed by atoms with Crippen LogP contribution in [0.3, 0.4) is 0 Å². The molecular formula is C42H65N5O7. The highest BCUT2D eigenvalue weighted by atomic mass is 16.7. The molecule has 2 bridgehead atoms. The smallest absolute Gasteiger partial charge is 0.251 e. The number of para-hydroxylation sites is 1. The lowest BCUT2D eigenvalue weighted by Crippen LogP contribution is -2.62. The number of fused-ring (bicyclic) bond motifs is 2. The van der Waals surface area contributed by atoms with Crippen molar-refractivity contribution in [1.82, 2.24) is 20.6 Å². The fourth-order valence-corrected chi connectivity index (χ4v) is 9.53. The van der Waals surface area contributed by atoms with E-state index in [2.05, 4.69) is 55.5 Å². The van der Waals surface area contributed by atoms with E-state index in [-0.39, 0.29) is 42.5 Å². The molecule has 2 amide bonds. The van der Waals surface area contributed by atoms with Gasteiger partial charge < -0.3 is 40.9 Å². The standard InChI is InChI=1S/C42H65N5O7/c1-23(2)14-32(21-46(8)9)44-40(51)29-15-28(16-31(17-29)43-26(5)50)33-13-11-12-27(39(33)53-10)20-47-38(37(25(4)49)36(22-48)54-47)41(52)45-35-19-30-18-34(24(35)3)42(30,6)7/h11-13,15-17,23-26,30,32,34-38,43,48-50H,14,18-22H2,1-10H3,(H,44,51)(H,45,52)/t24-,25-,26?,30+,32-,34-,35-,36-,37+,38-/m0/s1. The summed E-state index contributed by atoms with van der Waals surface area (Å²) in [5, 5.41) is 42.7. The van der Waals surface area contributed by atoms with Gasteiger partial charge in [-0.3, -0.25) is 14.4 Å². The minimum absolute atomic E-state index is 0.0225. The number of aliphatic hydroxyl groups is 3. The molecule has 4 fully saturated rings. The van der Waals surface area contributed by atoms with Gasteiger partial charge in [0.2, 0.25) is 5.91 Å². The Labute approximate surface area is 321 Å². The lowest BCUT2D eigenvalue weighted by Gasteiger charge is -2.62. The van der Waals surface area contributed by atoms with Crippen molar-refractivity contribution in [3.63, 3.8) is 0 Å². The highest BCUT2D eigenvalue weighted by molar-refractivity contribution is 5.97. The van der Waals surface area contributed by atoms with Crippen LogP contribution in [0.4, 0.5) is 5.69 Å². The largest absolute Gasteiger partial charge is 0.496 e. The summed E-state index contributed by atoms with van der Waals surface area (Å²) in [6.07, 6.45) is 0.373. The summed E-state index contributed by atoms with van der Waals surface area (Å²) in [6, 6.07) is 10.2. The molecule has 12 heteroatoms. The number of amides is 2. The topological polar surface area (TPSA) is 156 Å². The highest BCUT2D eigenvalue weighted by Crippen LogP contribution is 2.61. The Morgan fingerprint density at radius 3 is 2.39 bits per heavy atom. The van der Waals surface area contributed by atoms with E-state index in [9.17, 15) is 24.9 Å². The Kier molecular flexibility index (Phi) is 13.4. The molecule has 54 heavy (non-hydrogen) atoms. The Morgan fingerprint density at radius 1 is 1.09 bits per heavy atom. The number of carbonyl (C=O) groups is 2. The van der Waals surface area contributed by atoms with Crippen LogP contribution in [-0.2, 0) is 16.2 Å². The van der Waals surface area contributed by atoms with Crippen LogP contribution < -0.4 is 20.7 Å². The second kappa shape index (κ2) is 17.3. The first kappa shape index (κ1) is 41.9. The van der Waals surface area contributed by atoms with E-state index in [1.54, 1.807) is 32.1 Å². The molecule has 300 valence electrons. The third kappa shape index (κ3) is 9.06.